The number of carbonyl (C=O) groups excluding carboxylic acids is 1. The molecule has 0 spiro atoms. The van der Waals surface area contributed by atoms with Crippen LogP contribution in [0.25, 0.3) is 28.6 Å². The smallest absolute Gasteiger partial charge is 0.305 e. The standard InChI is InChI=1S/C33H34ClN3O3/c1-22-17-27(19-28(34)18-22)29-20-30(25-9-5-23(6-10-25)13-15-33(2,3)4)37(36-29)21-24-7-11-26(12-8-24)32(40)35-16-14-31(38)39/h5-13,15,17-20H,14,16,21H2,1-4H3,(H,35,40)(H,38,39)/b15-13+. The van der Waals surface area contributed by atoms with Crippen molar-refractivity contribution in [2.75, 3.05) is 6.54 Å². The van der Waals surface area contributed by atoms with Crippen molar-refractivity contribution in [1.29, 1.82) is 0 Å². The number of halogens is 1. The number of rotatable bonds is 9. The number of aromatic nitrogens is 2. The van der Waals surface area contributed by atoms with Gasteiger partial charge in [-0.05, 0) is 71.0 Å². The number of carboxylic acid groups (broad SMARTS) is 1. The molecule has 3 aromatic carbocycles. The largest absolute Gasteiger partial charge is 0.481 e. The van der Waals surface area contributed by atoms with E-state index < -0.39 is 5.97 Å². The lowest BCUT2D eigenvalue weighted by molar-refractivity contribution is -0.136. The molecule has 0 fully saturated rings. The fraction of sp³-hybridized carbons (Fsp3) is 0.242. The van der Waals surface area contributed by atoms with E-state index in [0.717, 1.165) is 39.2 Å². The van der Waals surface area contributed by atoms with Gasteiger partial charge in [-0.1, -0.05) is 80.9 Å². The molecule has 4 aromatic rings. The highest BCUT2D eigenvalue weighted by atomic mass is 35.5. The Morgan fingerprint density at radius 2 is 1.68 bits per heavy atom. The summed E-state index contributed by atoms with van der Waals surface area (Å²) in [6, 6.07) is 23.7. The minimum absolute atomic E-state index is 0.0864. The number of carbonyl (C=O) groups is 2. The van der Waals surface area contributed by atoms with Gasteiger partial charge in [0.05, 0.1) is 24.4 Å². The predicted octanol–water partition coefficient (Wildman–Crippen LogP) is 7.49. The molecule has 40 heavy (non-hydrogen) atoms. The van der Waals surface area contributed by atoms with Gasteiger partial charge in [0.25, 0.3) is 5.91 Å². The van der Waals surface area contributed by atoms with Gasteiger partial charge in [0, 0.05) is 22.7 Å². The molecule has 0 atom stereocenters. The molecule has 0 aliphatic carbocycles. The molecule has 1 aromatic heterocycles. The molecule has 206 valence electrons. The van der Waals surface area contributed by atoms with E-state index in [-0.39, 0.29) is 24.3 Å². The van der Waals surface area contributed by atoms with E-state index >= 15 is 0 Å². The summed E-state index contributed by atoms with van der Waals surface area (Å²) >= 11 is 6.36. The summed E-state index contributed by atoms with van der Waals surface area (Å²) in [5.41, 5.74) is 7.53. The summed E-state index contributed by atoms with van der Waals surface area (Å²) < 4.78 is 1.97. The van der Waals surface area contributed by atoms with Crippen LogP contribution in [0.4, 0.5) is 0 Å². The lowest BCUT2D eigenvalue weighted by atomic mass is 9.95. The summed E-state index contributed by atoms with van der Waals surface area (Å²) in [6.45, 7) is 9.12. The third kappa shape index (κ3) is 7.93. The molecule has 0 saturated carbocycles. The Labute approximate surface area is 240 Å². The summed E-state index contributed by atoms with van der Waals surface area (Å²) in [7, 11) is 0. The van der Waals surface area contributed by atoms with E-state index in [1.165, 1.54) is 0 Å². The molecule has 0 unspecified atom stereocenters. The first-order valence-electron chi connectivity index (χ1n) is 13.2. The highest BCUT2D eigenvalue weighted by Crippen LogP contribution is 2.30. The van der Waals surface area contributed by atoms with Gasteiger partial charge in [-0.15, -0.1) is 0 Å². The third-order valence-corrected chi connectivity index (χ3v) is 6.49. The quantitative estimate of drug-likeness (QED) is 0.224. The van der Waals surface area contributed by atoms with Crippen molar-refractivity contribution in [2.45, 2.75) is 40.7 Å². The number of aryl methyl sites for hydroxylation is 1. The maximum absolute atomic E-state index is 12.3. The second-order valence-corrected chi connectivity index (χ2v) is 11.4. The first-order valence-corrected chi connectivity index (χ1v) is 13.6. The summed E-state index contributed by atoms with van der Waals surface area (Å²) in [5.74, 6) is -1.25. The van der Waals surface area contributed by atoms with Gasteiger partial charge >= 0.3 is 5.97 Å². The average molecular weight is 556 g/mol. The number of nitrogens with one attached hydrogen (secondary N) is 1. The Morgan fingerprint density at radius 1 is 0.975 bits per heavy atom. The first-order chi connectivity index (χ1) is 19.0. The Bertz CT molecular complexity index is 1510. The topological polar surface area (TPSA) is 84.2 Å². The zero-order chi connectivity index (χ0) is 28.9. The third-order valence-electron chi connectivity index (χ3n) is 6.27. The second kappa shape index (κ2) is 12.3. The monoisotopic (exact) mass is 555 g/mol. The van der Waals surface area contributed by atoms with Crippen molar-refractivity contribution in [2.24, 2.45) is 5.41 Å². The normalized spacial score (nSPS) is 11.6. The van der Waals surface area contributed by atoms with Crippen LogP contribution in [0.5, 0.6) is 0 Å². The van der Waals surface area contributed by atoms with E-state index in [0.29, 0.717) is 17.1 Å². The fourth-order valence-electron chi connectivity index (χ4n) is 4.23. The summed E-state index contributed by atoms with van der Waals surface area (Å²) in [5, 5.41) is 17.0. The van der Waals surface area contributed by atoms with Crippen molar-refractivity contribution in [3.8, 4) is 22.5 Å². The number of aliphatic carboxylic acids is 1. The van der Waals surface area contributed by atoms with Crippen molar-refractivity contribution in [1.82, 2.24) is 15.1 Å². The molecule has 0 bridgehead atoms. The zero-order valence-electron chi connectivity index (χ0n) is 23.2. The number of nitrogens with zero attached hydrogens (tertiary/aromatic N) is 2. The van der Waals surface area contributed by atoms with E-state index in [1.54, 1.807) is 12.1 Å². The molecule has 2 N–H and O–H groups in total. The molecule has 0 aliphatic rings. The highest BCUT2D eigenvalue weighted by molar-refractivity contribution is 6.30. The molecule has 0 aliphatic heterocycles. The van der Waals surface area contributed by atoms with Gasteiger partial charge in [-0.2, -0.15) is 5.10 Å². The van der Waals surface area contributed by atoms with Crippen molar-refractivity contribution in [3.63, 3.8) is 0 Å². The maximum Gasteiger partial charge on any atom is 0.305 e. The van der Waals surface area contributed by atoms with Crippen LogP contribution in [-0.4, -0.2) is 33.3 Å². The number of benzene rings is 3. The van der Waals surface area contributed by atoms with Gasteiger partial charge < -0.3 is 10.4 Å². The Kier molecular flexibility index (Phi) is 8.90. The van der Waals surface area contributed by atoms with Crippen molar-refractivity contribution < 1.29 is 14.7 Å². The summed E-state index contributed by atoms with van der Waals surface area (Å²) in [4.78, 5) is 23.0. The minimum atomic E-state index is -0.950. The van der Waals surface area contributed by atoms with E-state index in [1.807, 2.05) is 35.9 Å². The van der Waals surface area contributed by atoms with Crippen LogP contribution in [0.15, 0.2) is 78.9 Å². The molecule has 0 saturated heterocycles. The van der Waals surface area contributed by atoms with Crippen LogP contribution in [0.1, 0.15) is 54.2 Å². The van der Waals surface area contributed by atoms with Crippen LogP contribution in [0.3, 0.4) is 0 Å². The van der Waals surface area contributed by atoms with E-state index in [4.69, 9.17) is 21.8 Å². The number of amides is 1. The van der Waals surface area contributed by atoms with Gasteiger partial charge in [0.15, 0.2) is 0 Å². The molecule has 7 heteroatoms. The lowest BCUT2D eigenvalue weighted by Crippen LogP contribution is -2.25. The van der Waals surface area contributed by atoms with E-state index in [9.17, 15) is 9.59 Å². The number of carboxylic acids is 1. The van der Waals surface area contributed by atoms with Crippen LogP contribution in [0.2, 0.25) is 5.02 Å². The van der Waals surface area contributed by atoms with Gasteiger partial charge in [0.1, 0.15) is 0 Å². The Hall–Kier alpha value is -4.16. The molecule has 1 amide bonds. The molecule has 6 nitrogen and oxygen atoms in total. The molecule has 0 radical (unpaired) electrons. The van der Waals surface area contributed by atoms with Gasteiger partial charge in [0.2, 0.25) is 0 Å². The van der Waals surface area contributed by atoms with Crippen LogP contribution in [0, 0.1) is 12.3 Å². The van der Waals surface area contributed by atoms with Crippen LogP contribution in [-0.2, 0) is 11.3 Å². The molecule has 1 heterocycles. The van der Waals surface area contributed by atoms with Crippen molar-refractivity contribution in [3.05, 3.63) is 106 Å². The number of allylic oxidation sites excluding steroid dienone is 1. The number of hydrogen-bond donors (Lipinski definition) is 2. The Morgan fingerprint density at radius 3 is 2.30 bits per heavy atom. The molecule has 4 rings (SSSR count). The van der Waals surface area contributed by atoms with E-state index in [2.05, 4.69) is 74.6 Å². The van der Waals surface area contributed by atoms with Crippen molar-refractivity contribution >= 4 is 29.6 Å². The first kappa shape index (κ1) is 28.8. The lowest BCUT2D eigenvalue weighted by Gasteiger charge is -2.11. The van der Waals surface area contributed by atoms with Gasteiger partial charge in [-0.25, -0.2) is 0 Å². The van der Waals surface area contributed by atoms with Gasteiger partial charge in [-0.3, -0.25) is 14.3 Å². The second-order valence-electron chi connectivity index (χ2n) is 11.0. The predicted molar refractivity (Wildman–Crippen MR) is 161 cm³/mol. The number of hydrogen-bond acceptors (Lipinski definition) is 3. The highest BCUT2D eigenvalue weighted by Gasteiger charge is 2.14. The fourth-order valence-corrected chi connectivity index (χ4v) is 4.52. The Balaban J connectivity index is 1.63. The molecular formula is C33H34ClN3O3. The SMILES string of the molecule is Cc1cc(Cl)cc(-c2cc(-c3ccc(/C=C/C(C)(C)C)cc3)n(Cc3ccc(C(=O)NCCC(=O)O)cc3)n2)c1. The minimum Gasteiger partial charge on any atom is -0.481 e. The van der Waals surface area contributed by atoms with Crippen LogP contribution >= 0.6 is 11.6 Å². The molecular weight excluding hydrogens is 522 g/mol. The summed E-state index contributed by atoms with van der Waals surface area (Å²) in [6.07, 6.45) is 4.22. The maximum atomic E-state index is 12.3. The zero-order valence-corrected chi connectivity index (χ0v) is 24.0. The van der Waals surface area contributed by atoms with Crippen LogP contribution < -0.4 is 5.32 Å². The average Bonchev–Trinajstić information content (AvgIpc) is 3.31.